The summed E-state index contributed by atoms with van der Waals surface area (Å²) in [7, 11) is 1.94. The number of likely N-dealkylation sites (N-methyl/N-ethyl adjacent to an activating group) is 1. The van der Waals surface area contributed by atoms with Crippen molar-refractivity contribution in [3.05, 3.63) is 51.2 Å². The predicted octanol–water partition coefficient (Wildman–Crippen LogP) is 3.78. The molecule has 20 heavy (non-hydrogen) atoms. The van der Waals surface area contributed by atoms with Crippen molar-refractivity contribution in [3.8, 4) is 0 Å². The molecule has 0 spiro atoms. The Morgan fingerprint density at radius 1 is 1.40 bits per heavy atom. The van der Waals surface area contributed by atoms with Crippen molar-refractivity contribution in [2.45, 2.75) is 13.5 Å². The van der Waals surface area contributed by atoms with Crippen LogP contribution >= 0.6 is 22.9 Å². The van der Waals surface area contributed by atoms with E-state index in [2.05, 4.69) is 11.4 Å². The number of hydrogen-bond donors (Lipinski definition) is 1. The summed E-state index contributed by atoms with van der Waals surface area (Å²) in [5, 5.41) is 5.63. The van der Waals surface area contributed by atoms with Crippen molar-refractivity contribution in [3.63, 3.8) is 0 Å². The maximum absolute atomic E-state index is 12.0. The van der Waals surface area contributed by atoms with Gasteiger partial charge in [0, 0.05) is 22.1 Å². The number of nitrogens with one attached hydrogen (secondary N) is 1. The zero-order chi connectivity index (χ0) is 14.5. The van der Waals surface area contributed by atoms with Gasteiger partial charge in [0.15, 0.2) is 0 Å². The van der Waals surface area contributed by atoms with Crippen LogP contribution in [-0.2, 0) is 11.3 Å². The Morgan fingerprint density at radius 2 is 2.20 bits per heavy atom. The number of aryl methyl sites for hydroxylation is 1. The SMILES string of the molecule is Cc1cc(Cl)ccc1NC(=O)CN(C)Cc1cccs1. The lowest BCUT2D eigenvalue weighted by Crippen LogP contribution is -2.29. The van der Waals surface area contributed by atoms with Crippen molar-refractivity contribution in [1.82, 2.24) is 4.90 Å². The number of benzene rings is 1. The summed E-state index contributed by atoms with van der Waals surface area (Å²) in [6, 6.07) is 9.54. The maximum atomic E-state index is 12.0. The van der Waals surface area contributed by atoms with Crippen LogP contribution in [0.3, 0.4) is 0 Å². The molecule has 2 aromatic rings. The van der Waals surface area contributed by atoms with Gasteiger partial charge in [-0.15, -0.1) is 11.3 Å². The first kappa shape index (κ1) is 15.0. The third-order valence-electron chi connectivity index (χ3n) is 2.88. The van der Waals surface area contributed by atoms with Crippen molar-refractivity contribution >= 4 is 34.5 Å². The van der Waals surface area contributed by atoms with Gasteiger partial charge in [0.2, 0.25) is 5.91 Å². The van der Waals surface area contributed by atoms with Gasteiger partial charge in [0.25, 0.3) is 0 Å². The number of halogens is 1. The molecule has 0 saturated heterocycles. The summed E-state index contributed by atoms with van der Waals surface area (Å²) in [5.74, 6) is -0.0190. The Balaban J connectivity index is 1.88. The summed E-state index contributed by atoms with van der Waals surface area (Å²) >= 11 is 7.60. The maximum Gasteiger partial charge on any atom is 0.238 e. The van der Waals surface area contributed by atoms with E-state index in [-0.39, 0.29) is 5.91 Å². The van der Waals surface area contributed by atoms with E-state index in [1.54, 1.807) is 17.4 Å². The van der Waals surface area contributed by atoms with E-state index in [9.17, 15) is 4.79 Å². The van der Waals surface area contributed by atoms with Crippen LogP contribution in [-0.4, -0.2) is 24.4 Å². The normalized spacial score (nSPS) is 10.8. The van der Waals surface area contributed by atoms with Crippen molar-refractivity contribution in [1.29, 1.82) is 0 Å². The first-order valence-electron chi connectivity index (χ1n) is 6.31. The predicted molar refractivity (Wildman–Crippen MR) is 85.5 cm³/mol. The second-order valence-corrected chi connectivity index (χ2v) is 6.23. The second kappa shape index (κ2) is 6.88. The lowest BCUT2D eigenvalue weighted by molar-refractivity contribution is -0.117. The molecule has 3 nitrogen and oxygen atoms in total. The molecule has 0 saturated carbocycles. The summed E-state index contributed by atoms with van der Waals surface area (Å²) in [6.45, 7) is 3.07. The molecule has 1 N–H and O–H groups in total. The Labute approximate surface area is 128 Å². The Hall–Kier alpha value is -1.36. The van der Waals surface area contributed by atoms with Crippen LogP contribution in [0.5, 0.6) is 0 Å². The molecule has 106 valence electrons. The van der Waals surface area contributed by atoms with Crippen LogP contribution in [0.4, 0.5) is 5.69 Å². The zero-order valence-corrected chi connectivity index (χ0v) is 13.1. The Bertz CT molecular complexity index is 584. The molecular weight excluding hydrogens is 292 g/mol. The lowest BCUT2D eigenvalue weighted by atomic mass is 10.2. The second-order valence-electron chi connectivity index (χ2n) is 4.76. The zero-order valence-electron chi connectivity index (χ0n) is 11.5. The average molecular weight is 309 g/mol. The molecule has 0 bridgehead atoms. The molecular formula is C15H17ClN2OS. The fourth-order valence-corrected chi connectivity index (χ4v) is 2.94. The number of thiophene rings is 1. The number of anilines is 1. The van der Waals surface area contributed by atoms with Gasteiger partial charge in [-0.3, -0.25) is 9.69 Å². The number of nitrogens with zero attached hydrogens (tertiary/aromatic N) is 1. The van der Waals surface area contributed by atoms with Crippen molar-refractivity contribution in [2.24, 2.45) is 0 Å². The highest BCUT2D eigenvalue weighted by Crippen LogP contribution is 2.19. The average Bonchev–Trinajstić information content (AvgIpc) is 2.85. The van der Waals surface area contributed by atoms with Gasteiger partial charge in [0.05, 0.1) is 6.54 Å². The number of rotatable bonds is 5. The van der Waals surface area contributed by atoms with E-state index in [0.29, 0.717) is 11.6 Å². The monoisotopic (exact) mass is 308 g/mol. The number of carbonyl (C=O) groups is 1. The van der Waals surface area contributed by atoms with E-state index in [0.717, 1.165) is 17.8 Å². The Morgan fingerprint density at radius 3 is 2.85 bits per heavy atom. The molecule has 0 aliphatic carbocycles. The number of hydrogen-bond acceptors (Lipinski definition) is 3. The molecule has 1 aromatic heterocycles. The van der Waals surface area contributed by atoms with Crippen molar-refractivity contribution < 1.29 is 4.79 Å². The van der Waals surface area contributed by atoms with Crippen LogP contribution in [0.25, 0.3) is 0 Å². The van der Waals surface area contributed by atoms with Crippen LogP contribution in [0.2, 0.25) is 5.02 Å². The summed E-state index contributed by atoms with van der Waals surface area (Å²) in [6.07, 6.45) is 0. The fourth-order valence-electron chi connectivity index (χ4n) is 1.93. The van der Waals surface area contributed by atoms with E-state index in [1.807, 2.05) is 42.5 Å². The highest BCUT2D eigenvalue weighted by Gasteiger charge is 2.09. The molecule has 1 amide bonds. The van der Waals surface area contributed by atoms with Gasteiger partial charge in [0.1, 0.15) is 0 Å². The summed E-state index contributed by atoms with van der Waals surface area (Å²) in [4.78, 5) is 15.3. The van der Waals surface area contributed by atoms with E-state index in [4.69, 9.17) is 11.6 Å². The first-order valence-corrected chi connectivity index (χ1v) is 7.57. The molecule has 0 fully saturated rings. The minimum atomic E-state index is -0.0190. The van der Waals surface area contributed by atoms with Crippen LogP contribution < -0.4 is 5.32 Å². The summed E-state index contributed by atoms with van der Waals surface area (Å²) in [5.41, 5.74) is 1.77. The van der Waals surface area contributed by atoms with Gasteiger partial charge in [-0.05, 0) is 49.2 Å². The van der Waals surface area contributed by atoms with Crippen LogP contribution in [0, 0.1) is 6.92 Å². The van der Waals surface area contributed by atoms with E-state index < -0.39 is 0 Å². The van der Waals surface area contributed by atoms with Gasteiger partial charge >= 0.3 is 0 Å². The minimum absolute atomic E-state index is 0.0190. The fraction of sp³-hybridized carbons (Fsp3) is 0.267. The van der Waals surface area contributed by atoms with Gasteiger partial charge in [-0.1, -0.05) is 17.7 Å². The van der Waals surface area contributed by atoms with Gasteiger partial charge in [-0.2, -0.15) is 0 Å². The first-order chi connectivity index (χ1) is 9.54. The van der Waals surface area contributed by atoms with E-state index in [1.165, 1.54) is 4.88 Å². The number of carbonyl (C=O) groups excluding carboxylic acids is 1. The quantitative estimate of drug-likeness (QED) is 0.911. The standard InChI is InChI=1S/C15H17ClN2OS/c1-11-8-12(16)5-6-14(11)17-15(19)10-18(2)9-13-4-3-7-20-13/h3-8H,9-10H2,1-2H3,(H,17,19). The molecule has 0 unspecified atom stereocenters. The third-order valence-corrected chi connectivity index (χ3v) is 3.98. The molecule has 0 atom stereocenters. The van der Waals surface area contributed by atoms with Gasteiger partial charge < -0.3 is 5.32 Å². The van der Waals surface area contributed by atoms with Crippen LogP contribution in [0.1, 0.15) is 10.4 Å². The molecule has 1 aromatic carbocycles. The van der Waals surface area contributed by atoms with E-state index >= 15 is 0 Å². The molecule has 0 radical (unpaired) electrons. The largest absolute Gasteiger partial charge is 0.325 e. The number of amides is 1. The third kappa shape index (κ3) is 4.34. The molecule has 1 heterocycles. The smallest absolute Gasteiger partial charge is 0.238 e. The highest BCUT2D eigenvalue weighted by molar-refractivity contribution is 7.09. The topological polar surface area (TPSA) is 32.3 Å². The van der Waals surface area contributed by atoms with Crippen molar-refractivity contribution in [2.75, 3.05) is 18.9 Å². The molecule has 0 aliphatic heterocycles. The van der Waals surface area contributed by atoms with Gasteiger partial charge in [-0.25, -0.2) is 0 Å². The Kier molecular flexibility index (Phi) is 5.17. The molecule has 2 rings (SSSR count). The highest BCUT2D eigenvalue weighted by atomic mass is 35.5. The van der Waals surface area contributed by atoms with Crippen LogP contribution in [0.15, 0.2) is 35.7 Å². The minimum Gasteiger partial charge on any atom is -0.325 e. The molecule has 0 aliphatic rings. The molecule has 5 heteroatoms. The summed E-state index contributed by atoms with van der Waals surface area (Å²) < 4.78 is 0. The lowest BCUT2D eigenvalue weighted by Gasteiger charge is -2.16.